The molecule has 1 aromatic rings. The lowest BCUT2D eigenvalue weighted by atomic mass is 10.1. The molecule has 1 aromatic heterocycles. The Bertz CT molecular complexity index is 291. The van der Waals surface area contributed by atoms with Crippen LogP contribution in [0.3, 0.4) is 0 Å². The molecule has 0 bridgehead atoms. The predicted octanol–water partition coefficient (Wildman–Crippen LogP) is 2.90. The van der Waals surface area contributed by atoms with Crippen molar-refractivity contribution in [1.29, 1.82) is 0 Å². The average Bonchev–Trinajstić information content (AvgIpc) is 2.75. The van der Waals surface area contributed by atoms with Crippen LogP contribution < -0.4 is 5.73 Å². The highest BCUT2D eigenvalue weighted by atomic mass is 32.2. The lowest BCUT2D eigenvalue weighted by Gasteiger charge is -2.03. The zero-order valence-electron chi connectivity index (χ0n) is 10.1. The number of aromatic nitrogens is 2. The summed E-state index contributed by atoms with van der Waals surface area (Å²) in [4.78, 5) is 4.31. The number of hydrogen-bond acceptors (Lipinski definition) is 5. The molecule has 0 amide bonds. The van der Waals surface area contributed by atoms with Crippen LogP contribution in [-0.4, -0.2) is 15.9 Å². The van der Waals surface area contributed by atoms with Crippen molar-refractivity contribution >= 4 is 11.8 Å². The first-order chi connectivity index (χ1) is 7.77. The fourth-order valence-electron chi connectivity index (χ4n) is 1.33. The number of rotatable bonds is 8. The van der Waals surface area contributed by atoms with Gasteiger partial charge in [-0.25, -0.2) is 0 Å². The van der Waals surface area contributed by atoms with E-state index in [9.17, 15) is 0 Å². The first kappa shape index (κ1) is 13.5. The van der Waals surface area contributed by atoms with E-state index in [2.05, 4.69) is 24.0 Å². The monoisotopic (exact) mass is 243 g/mol. The summed E-state index contributed by atoms with van der Waals surface area (Å²) < 4.78 is 5.15. The smallest absolute Gasteiger partial charge is 0.243 e. The molecule has 16 heavy (non-hydrogen) atoms. The summed E-state index contributed by atoms with van der Waals surface area (Å²) in [6.07, 6.45) is 4.33. The van der Waals surface area contributed by atoms with E-state index in [4.69, 9.17) is 10.3 Å². The largest absolute Gasteiger partial charge is 0.338 e. The van der Waals surface area contributed by atoms with Gasteiger partial charge < -0.3 is 10.3 Å². The SMILES string of the molecule is CCCC[C@H](N)c1nc(CSCCC)no1. The number of thioether (sulfide) groups is 1. The lowest BCUT2D eigenvalue weighted by Crippen LogP contribution is -2.10. The number of hydrogen-bond donors (Lipinski definition) is 1. The minimum Gasteiger partial charge on any atom is -0.338 e. The second kappa shape index (κ2) is 7.68. The molecule has 0 aliphatic carbocycles. The topological polar surface area (TPSA) is 64.9 Å². The lowest BCUT2D eigenvalue weighted by molar-refractivity contribution is 0.343. The third-order valence-electron chi connectivity index (χ3n) is 2.25. The molecule has 4 nitrogen and oxygen atoms in total. The van der Waals surface area contributed by atoms with Gasteiger partial charge in [-0.05, 0) is 18.6 Å². The maximum absolute atomic E-state index is 5.95. The van der Waals surface area contributed by atoms with Crippen molar-refractivity contribution in [3.8, 4) is 0 Å². The standard InChI is InChI=1S/C11H21N3OS/c1-3-5-6-9(12)11-13-10(14-15-11)8-16-7-4-2/h9H,3-8,12H2,1-2H3/t9-/m0/s1. The average molecular weight is 243 g/mol. The fraction of sp³-hybridized carbons (Fsp3) is 0.818. The zero-order chi connectivity index (χ0) is 11.8. The van der Waals surface area contributed by atoms with Crippen LogP contribution in [0.25, 0.3) is 0 Å². The predicted molar refractivity (Wildman–Crippen MR) is 67.2 cm³/mol. The van der Waals surface area contributed by atoms with Crippen LogP contribution >= 0.6 is 11.8 Å². The van der Waals surface area contributed by atoms with Gasteiger partial charge >= 0.3 is 0 Å². The summed E-state index contributed by atoms with van der Waals surface area (Å²) in [7, 11) is 0. The van der Waals surface area contributed by atoms with E-state index in [1.54, 1.807) is 0 Å². The van der Waals surface area contributed by atoms with E-state index in [0.29, 0.717) is 5.89 Å². The summed E-state index contributed by atoms with van der Waals surface area (Å²) in [5, 5.41) is 3.93. The quantitative estimate of drug-likeness (QED) is 0.711. The first-order valence-electron chi connectivity index (χ1n) is 5.93. The van der Waals surface area contributed by atoms with Gasteiger partial charge in [-0.2, -0.15) is 16.7 Å². The van der Waals surface area contributed by atoms with Gasteiger partial charge in [0.05, 0.1) is 11.8 Å². The van der Waals surface area contributed by atoms with Gasteiger partial charge in [0.25, 0.3) is 0 Å². The Morgan fingerprint density at radius 1 is 1.38 bits per heavy atom. The van der Waals surface area contributed by atoms with E-state index in [1.165, 1.54) is 6.42 Å². The molecule has 2 N–H and O–H groups in total. The molecule has 1 rings (SSSR count). The molecule has 0 aromatic carbocycles. The molecule has 1 heterocycles. The van der Waals surface area contributed by atoms with Gasteiger partial charge in [-0.1, -0.05) is 31.8 Å². The second-order valence-corrected chi connectivity index (χ2v) is 4.96. The van der Waals surface area contributed by atoms with Crippen LogP contribution in [-0.2, 0) is 5.75 Å². The van der Waals surface area contributed by atoms with Crippen LogP contribution in [0.2, 0.25) is 0 Å². The molecule has 5 heteroatoms. The highest BCUT2D eigenvalue weighted by Gasteiger charge is 2.13. The summed E-state index contributed by atoms with van der Waals surface area (Å²) in [6.45, 7) is 4.31. The molecule has 0 unspecified atom stereocenters. The molecule has 0 fully saturated rings. The molecule has 0 aliphatic rings. The second-order valence-electron chi connectivity index (χ2n) is 3.85. The van der Waals surface area contributed by atoms with Gasteiger partial charge in [0, 0.05) is 0 Å². The summed E-state index contributed by atoms with van der Waals surface area (Å²) in [5.41, 5.74) is 5.95. The van der Waals surface area contributed by atoms with Gasteiger partial charge in [0.15, 0.2) is 5.82 Å². The third-order valence-corrected chi connectivity index (χ3v) is 3.41. The Labute approximate surface area is 101 Å². The van der Waals surface area contributed by atoms with Crippen LogP contribution in [0.1, 0.15) is 57.3 Å². The third kappa shape index (κ3) is 4.53. The van der Waals surface area contributed by atoms with Gasteiger partial charge in [-0.15, -0.1) is 0 Å². The number of nitrogens with zero attached hydrogens (tertiary/aromatic N) is 2. The molecule has 0 radical (unpaired) electrons. The van der Waals surface area contributed by atoms with Crippen molar-refractivity contribution in [2.24, 2.45) is 5.73 Å². The van der Waals surface area contributed by atoms with E-state index < -0.39 is 0 Å². The Kier molecular flexibility index (Phi) is 6.49. The highest BCUT2D eigenvalue weighted by Crippen LogP contribution is 2.16. The van der Waals surface area contributed by atoms with Crippen molar-refractivity contribution in [2.45, 2.75) is 51.3 Å². The van der Waals surface area contributed by atoms with Crippen molar-refractivity contribution < 1.29 is 4.52 Å². The summed E-state index contributed by atoms with van der Waals surface area (Å²) in [6, 6.07) is -0.0997. The Morgan fingerprint density at radius 2 is 2.19 bits per heavy atom. The number of nitrogens with two attached hydrogens (primary N) is 1. The van der Waals surface area contributed by atoms with Gasteiger partial charge in [-0.3, -0.25) is 0 Å². The van der Waals surface area contributed by atoms with Crippen LogP contribution in [0.4, 0.5) is 0 Å². The number of unbranched alkanes of at least 4 members (excludes halogenated alkanes) is 1. The normalized spacial score (nSPS) is 12.9. The molecular weight excluding hydrogens is 222 g/mol. The Balaban J connectivity index is 2.37. The van der Waals surface area contributed by atoms with Crippen LogP contribution in [0.15, 0.2) is 4.52 Å². The first-order valence-corrected chi connectivity index (χ1v) is 7.09. The molecular formula is C11H21N3OS. The molecule has 0 spiro atoms. The van der Waals surface area contributed by atoms with Gasteiger partial charge in [0.1, 0.15) is 0 Å². The Morgan fingerprint density at radius 3 is 2.88 bits per heavy atom. The van der Waals surface area contributed by atoms with Crippen molar-refractivity contribution in [1.82, 2.24) is 10.1 Å². The molecule has 92 valence electrons. The Hall–Kier alpha value is -0.550. The van der Waals surface area contributed by atoms with E-state index in [-0.39, 0.29) is 6.04 Å². The maximum atomic E-state index is 5.95. The van der Waals surface area contributed by atoms with Gasteiger partial charge in [0.2, 0.25) is 5.89 Å². The van der Waals surface area contributed by atoms with Crippen molar-refractivity contribution in [3.63, 3.8) is 0 Å². The minimum atomic E-state index is -0.0997. The van der Waals surface area contributed by atoms with E-state index >= 15 is 0 Å². The zero-order valence-corrected chi connectivity index (χ0v) is 10.9. The van der Waals surface area contributed by atoms with Crippen molar-refractivity contribution in [3.05, 3.63) is 11.7 Å². The minimum absolute atomic E-state index is 0.0997. The maximum Gasteiger partial charge on any atom is 0.243 e. The van der Waals surface area contributed by atoms with E-state index in [0.717, 1.165) is 36.6 Å². The van der Waals surface area contributed by atoms with Crippen LogP contribution in [0.5, 0.6) is 0 Å². The summed E-state index contributed by atoms with van der Waals surface area (Å²) in [5.74, 6) is 3.30. The molecule has 0 aliphatic heterocycles. The van der Waals surface area contributed by atoms with E-state index in [1.807, 2.05) is 11.8 Å². The summed E-state index contributed by atoms with van der Waals surface area (Å²) >= 11 is 1.82. The van der Waals surface area contributed by atoms with Crippen molar-refractivity contribution in [2.75, 3.05) is 5.75 Å². The fourth-order valence-corrected chi connectivity index (χ4v) is 2.06. The van der Waals surface area contributed by atoms with Crippen LogP contribution in [0, 0.1) is 0 Å². The highest BCUT2D eigenvalue weighted by molar-refractivity contribution is 7.98. The molecule has 1 atom stereocenters. The molecule has 0 saturated carbocycles. The molecule has 0 saturated heterocycles.